The lowest BCUT2D eigenvalue weighted by atomic mass is 9.83. The van der Waals surface area contributed by atoms with E-state index in [1.165, 1.54) is 0 Å². The van der Waals surface area contributed by atoms with Gasteiger partial charge in [-0.25, -0.2) is 13.2 Å². The minimum Gasteiger partial charge on any atom is -0.363 e. The summed E-state index contributed by atoms with van der Waals surface area (Å²) in [4.78, 5) is 67.9. The normalized spacial score (nSPS) is 27.6. The Morgan fingerprint density at radius 2 is 1.52 bits per heavy atom. The van der Waals surface area contributed by atoms with Gasteiger partial charge < -0.3 is 26.6 Å². The van der Waals surface area contributed by atoms with Crippen molar-refractivity contribution in [2.24, 2.45) is 34.3 Å². The van der Waals surface area contributed by atoms with Crippen molar-refractivity contribution in [3.8, 4) is 0 Å². The molecule has 5 fully saturated rings. The SMILES string of the molecule is CC(C)(C)[C@H](NC(=O)NC1(CS(=O)(=O)C(C)(C)C)CCCCC1)C(=O)N1CC2[C@@H]([C@H]1C(=O)NC(CC1CC1)C(=O)C(N)=O)C21CC1. The molecule has 4 saturated carbocycles. The summed E-state index contributed by atoms with van der Waals surface area (Å²) >= 11 is 0. The first-order valence-corrected chi connectivity index (χ1v) is 18.6. The highest BCUT2D eigenvalue weighted by Crippen LogP contribution is 2.78. The fourth-order valence-electron chi connectivity index (χ4n) is 8.03. The Labute approximate surface area is 273 Å². The van der Waals surface area contributed by atoms with Gasteiger partial charge in [-0.05, 0) is 81.5 Å². The second kappa shape index (κ2) is 11.8. The van der Waals surface area contributed by atoms with E-state index in [9.17, 15) is 32.4 Å². The number of carbonyl (C=O) groups excluding carboxylic acids is 5. The first-order valence-electron chi connectivity index (χ1n) is 17.0. The standard InChI is InChI=1S/C33H53N5O7S/c1-30(2,3)25(36-29(43)37-32(12-8-7-9-13-32)18-46(44,45)31(4,5)6)28(42)38-17-20-22(33(20)14-15-33)23(38)27(41)35-21(16-19-10-11-19)24(39)26(34)40/h19-23,25H,7-18H2,1-6H3,(H2,34,40)(H,35,41)(H2,36,37,43)/t20?,21?,22-,23-,25+/m0/s1. The van der Waals surface area contributed by atoms with Crippen molar-refractivity contribution >= 4 is 39.4 Å². The smallest absolute Gasteiger partial charge is 0.315 e. The molecule has 2 unspecified atom stereocenters. The molecule has 12 nitrogen and oxygen atoms in total. The molecule has 0 aromatic rings. The molecule has 258 valence electrons. The number of nitrogens with one attached hydrogen (secondary N) is 3. The number of primary amides is 1. The Morgan fingerprint density at radius 3 is 2.02 bits per heavy atom. The van der Waals surface area contributed by atoms with Crippen LogP contribution in [0.15, 0.2) is 0 Å². The fourth-order valence-corrected chi connectivity index (χ4v) is 9.55. The van der Waals surface area contributed by atoms with Crippen molar-refractivity contribution in [2.75, 3.05) is 12.3 Å². The van der Waals surface area contributed by atoms with E-state index in [1.54, 1.807) is 25.7 Å². The van der Waals surface area contributed by atoms with Gasteiger partial charge in [0, 0.05) is 6.54 Å². The number of likely N-dealkylation sites (tertiary alicyclic amines) is 1. The molecule has 46 heavy (non-hydrogen) atoms. The van der Waals surface area contributed by atoms with Crippen LogP contribution >= 0.6 is 0 Å². The van der Waals surface area contributed by atoms with Crippen LogP contribution in [0.5, 0.6) is 0 Å². The highest BCUT2D eigenvalue weighted by Gasteiger charge is 2.79. The van der Waals surface area contributed by atoms with Crippen molar-refractivity contribution in [2.45, 2.75) is 134 Å². The lowest BCUT2D eigenvalue weighted by Gasteiger charge is -2.41. The van der Waals surface area contributed by atoms with Gasteiger partial charge in [0.05, 0.1) is 22.1 Å². The zero-order chi connectivity index (χ0) is 34.0. The van der Waals surface area contributed by atoms with Crippen LogP contribution in [0.4, 0.5) is 4.79 Å². The summed E-state index contributed by atoms with van der Waals surface area (Å²) in [5.74, 6) is -2.59. The van der Waals surface area contributed by atoms with E-state index in [2.05, 4.69) is 16.0 Å². The molecule has 5 aliphatic rings. The molecule has 4 aliphatic carbocycles. The average molecular weight is 664 g/mol. The quantitative estimate of drug-likeness (QED) is 0.244. The van der Waals surface area contributed by atoms with Crippen LogP contribution in [-0.2, 0) is 29.0 Å². The van der Waals surface area contributed by atoms with Gasteiger partial charge in [-0.1, -0.05) is 52.9 Å². The fraction of sp³-hybridized carbons (Fsp3) is 0.848. The summed E-state index contributed by atoms with van der Waals surface area (Å²) in [6.07, 6.45) is 7.74. The van der Waals surface area contributed by atoms with E-state index in [1.807, 2.05) is 20.8 Å². The molecule has 0 aromatic heterocycles. The minimum atomic E-state index is -3.55. The topological polar surface area (TPSA) is 185 Å². The van der Waals surface area contributed by atoms with Crippen LogP contribution < -0.4 is 21.7 Å². The molecular weight excluding hydrogens is 610 g/mol. The molecule has 1 saturated heterocycles. The molecule has 13 heteroatoms. The van der Waals surface area contributed by atoms with Crippen LogP contribution in [0.2, 0.25) is 0 Å². The summed E-state index contributed by atoms with van der Waals surface area (Å²) in [5, 5.41) is 8.67. The predicted octanol–water partition coefficient (Wildman–Crippen LogP) is 2.19. The van der Waals surface area contributed by atoms with Crippen molar-refractivity contribution in [3.05, 3.63) is 0 Å². The predicted molar refractivity (Wildman–Crippen MR) is 172 cm³/mol. The summed E-state index contributed by atoms with van der Waals surface area (Å²) < 4.78 is 25.5. The summed E-state index contributed by atoms with van der Waals surface area (Å²) in [6.45, 7) is 10.9. The van der Waals surface area contributed by atoms with Crippen LogP contribution in [0.3, 0.4) is 0 Å². The van der Waals surface area contributed by atoms with E-state index >= 15 is 0 Å². The first-order chi connectivity index (χ1) is 21.2. The van der Waals surface area contributed by atoms with E-state index in [4.69, 9.17) is 5.73 Å². The zero-order valence-electron chi connectivity index (χ0n) is 28.2. The van der Waals surface area contributed by atoms with Gasteiger partial charge in [0.2, 0.25) is 17.6 Å². The number of Topliss-reactive ketones (excluding diaryl/α,β-unsaturated/α-hetero) is 1. The maximum atomic E-state index is 14.4. The van der Waals surface area contributed by atoms with Crippen LogP contribution in [-0.4, -0.2) is 83.6 Å². The van der Waals surface area contributed by atoms with E-state index in [-0.39, 0.29) is 28.9 Å². The molecule has 5 atom stereocenters. The number of amides is 5. The maximum absolute atomic E-state index is 14.4. The number of nitrogens with zero attached hydrogens (tertiary/aromatic N) is 1. The van der Waals surface area contributed by atoms with E-state index in [0.29, 0.717) is 25.8 Å². The number of ketones is 1. The molecule has 5 rings (SSSR count). The van der Waals surface area contributed by atoms with Crippen molar-refractivity contribution in [1.82, 2.24) is 20.9 Å². The Hall–Kier alpha value is -2.70. The molecule has 1 spiro atoms. The lowest BCUT2D eigenvalue weighted by Crippen LogP contribution is -2.64. The average Bonchev–Trinajstić information content (AvgIpc) is 3.90. The van der Waals surface area contributed by atoms with Crippen LogP contribution in [0.25, 0.3) is 0 Å². The lowest BCUT2D eigenvalue weighted by molar-refractivity contribution is -0.144. The molecule has 0 aromatic carbocycles. The highest BCUT2D eigenvalue weighted by atomic mass is 32.2. The van der Waals surface area contributed by atoms with Gasteiger partial charge in [0.1, 0.15) is 12.1 Å². The number of piperidine rings is 1. The summed E-state index contributed by atoms with van der Waals surface area (Å²) in [7, 11) is -3.55. The second-order valence-corrected chi connectivity index (χ2v) is 19.6. The molecule has 0 radical (unpaired) electrons. The molecule has 0 bridgehead atoms. The Bertz CT molecular complexity index is 1380. The number of sulfone groups is 1. The first kappa shape index (κ1) is 34.6. The maximum Gasteiger partial charge on any atom is 0.315 e. The number of hydrogen-bond acceptors (Lipinski definition) is 7. The molecule has 1 aliphatic heterocycles. The Balaban J connectivity index is 1.34. The third kappa shape index (κ3) is 6.80. The Kier molecular flexibility index (Phi) is 8.86. The van der Waals surface area contributed by atoms with Crippen molar-refractivity contribution < 1.29 is 32.4 Å². The summed E-state index contributed by atoms with van der Waals surface area (Å²) in [5.41, 5.74) is 3.67. The van der Waals surface area contributed by atoms with Crippen molar-refractivity contribution in [1.29, 1.82) is 0 Å². The van der Waals surface area contributed by atoms with Gasteiger partial charge in [0.15, 0.2) is 9.84 Å². The Morgan fingerprint density at radius 1 is 0.913 bits per heavy atom. The third-order valence-corrected chi connectivity index (χ3v) is 14.1. The van der Waals surface area contributed by atoms with Gasteiger partial charge in [-0.2, -0.15) is 0 Å². The summed E-state index contributed by atoms with van der Waals surface area (Å²) in [6, 6.07) is -3.47. The monoisotopic (exact) mass is 663 g/mol. The number of carbonyl (C=O) groups is 5. The number of hydrogen-bond donors (Lipinski definition) is 4. The number of nitrogens with two attached hydrogens (primary N) is 1. The molecule has 5 amide bonds. The van der Waals surface area contributed by atoms with Crippen molar-refractivity contribution in [3.63, 3.8) is 0 Å². The molecule has 5 N–H and O–H groups in total. The zero-order valence-corrected chi connectivity index (χ0v) is 29.1. The largest absolute Gasteiger partial charge is 0.363 e. The second-order valence-electron chi connectivity index (χ2n) is 16.9. The molecular formula is C33H53N5O7S. The van der Waals surface area contributed by atoms with Gasteiger partial charge in [-0.15, -0.1) is 0 Å². The number of urea groups is 1. The van der Waals surface area contributed by atoms with E-state index in [0.717, 1.165) is 44.9 Å². The van der Waals surface area contributed by atoms with Gasteiger partial charge in [-0.3, -0.25) is 19.2 Å². The van der Waals surface area contributed by atoms with Crippen LogP contribution in [0.1, 0.15) is 106 Å². The minimum absolute atomic E-state index is 0.0377. The van der Waals surface area contributed by atoms with E-state index < -0.39 is 73.2 Å². The van der Waals surface area contributed by atoms with Gasteiger partial charge >= 0.3 is 6.03 Å². The third-order valence-electron chi connectivity index (χ3n) is 11.3. The van der Waals surface area contributed by atoms with Gasteiger partial charge in [0.25, 0.3) is 5.91 Å². The van der Waals surface area contributed by atoms with Crippen LogP contribution in [0, 0.1) is 28.6 Å². The number of rotatable bonds is 11. The highest BCUT2D eigenvalue weighted by molar-refractivity contribution is 7.92. The molecule has 1 heterocycles. The number of fused-ring (bicyclic) bond motifs is 3.